The summed E-state index contributed by atoms with van der Waals surface area (Å²) in [7, 11) is 0. The first-order valence-corrected chi connectivity index (χ1v) is 7.77. The molecule has 25 heavy (non-hydrogen) atoms. The molecule has 1 N–H and O–H groups in total. The molecule has 1 amide bonds. The molecular weight excluding hydrogens is 324 g/mol. The van der Waals surface area contributed by atoms with Crippen LogP contribution < -0.4 is 10.1 Å². The number of nitrogens with one attached hydrogen (secondary N) is 1. The Balaban J connectivity index is 1.94. The second kappa shape index (κ2) is 8.78. The number of halogens is 2. The van der Waals surface area contributed by atoms with Gasteiger partial charge < -0.3 is 10.1 Å². The molecule has 0 saturated carbocycles. The largest absolute Gasteiger partial charge is 0.490 e. The lowest BCUT2D eigenvalue weighted by molar-refractivity contribution is -0.117. The van der Waals surface area contributed by atoms with Crippen LogP contribution in [0.1, 0.15) is 24.1 Å². The summed E-state index contributed by atoms with van der Waals surface area (Å²) in [4.78, 5) is 12.0. The number of ether oxygens (including phenoxy) is 1. The van der Waals surface area contributed by atoms with E-state index in [1.54, 1.807) is 31.2 Å². The molecule has 0 aliphatic carbocycles. The normalized spacial score (nSPS) is 12.0. The topological polar surface area (TPSA) is 38.3 Å². The third kappa shape index (κ3) is 5.57. The molecule has 0 fully saturated rings. The minimum Gasteiger partial charge on any atom is -0.490 e. The lowest BCUT2D eigenvalue weighted by atomic mass is 10.1. The van der Waals surface area contributed by atoms with Gasteiger partial charge in [0.25, 0.3) is 0 Å². The fraction of sp³-hybridized carbons (Fsp3) is 0.150. The van der Waals surface area contributed by atoms with E-state index >= 15 is 0 Å². The third-order valence-corrected chi connectivity index (χ3v) is 3.46. The molecule has 0 bridgehead atoms. The van der Waals surface area contributed by atoms with Crippen LogP contribution in [0.2, 0.25) is 0 Å². The highest BCUT2D eigenvalue weighted by atomic mass is 19.1. The summed E-state index contributed by atoms with van der Waals surface area (Å²) in [5, 5.41) is 2.64. The minimum atomic E-state index is -0.688. The fourth-order valence-corrected chi connectivity index (χ4v) is 2.19. The first-order chi connectivity index (χ1) is 12.0. The third-order valence-electron chi connectivity index (χ3n) is 3.46. The highest BCUT2D eigenvalue weighted by Gasteiger charge is 2.12. The van der Waals surface area contributed by atoms with Gasteiger partial charge in [-0.2, -0.15) is 0 Å². The molecule has 2 aromatic rings. The molecule has 2 rings (SSSR count). The molecule has 0 aromatic heterocycles. The molecule has 3 nitrogen and oxygen atoms in total. The van der Waals surface area contributed by atoms with Gasteiger partial charge in [0.2, 0.25) is 5.91 Å². The Morgan fingerprint density at radius 1 is 1.24 bits per heavy atom. The summed E-state index contributed by atoms with van der Waals surface area (Å²) in [6.07, 6.45) is 4.65. The van der Waals surface area contributed by atoms with Gasteiger partial charge in [0.05, 0.1) is 6.04 Å². The van der Waals surface area contributed by atoms with Gasteiger partial charge in [-0.3, -0.25) is 4.79 Å². The van der Waals surface area contributed by atoms with Crippen LogP contribution in [-0.4, -0.2) is 12.5 Å². The van der Waals surface area contributed by atoms with Crippen molar-refractivity contribution in [1.29, 1.82) is 0 Å². The van der Waals surface area contributed by atoms with Crippen LogP contribution >= 0.6 is 0 Å². The second-order valence-electron chi connectivity index (χ2n) is 5.40. The number of rotatable bonds is 7. The van der Waals surface area contributed by atoms with Gasteiger partial charge in [0, 0.05) is 17.7 Å². The average molecular weight is 343 g/mol. The molecule has 0 aliphatic rings. The predicted molar refractivity (Wildman–Crippen MR) is 94.1 cm³/mol. The standard InChI is InChI=1S/C20H19F2NO2/c1-3-12-25-17-8-4-15(5-9-17)6-11-20(24)23-14(2)18-10-7-16(21)13-19(18)22/h3-11,13-14H,1,12H2,2H3,(H,23,24)/b11-6+/t14-/m0/s1. The first-order valence-electron chi connectivity index (χ1n) is 7.77. The van der Waals surface area contributed by atoms with Gasteiger partial charge in [0.1, 0.15) is 24.0 Å². The quantitative estimate of drug-likeness (QED) is 0.597. The monoisotopic (exact) mass is 343 g/mol. The number of hydrogen-bond acceptors (Lipinski definition) is 2. The van der Waals surface area contributed by atoms with Crippen molar-refractivity contribution < 1.29 is 18.3 Å². The Labute approximate surface area is 145 Å². The molecule has 0 radical (unpaired) electrons. The van der Waals surface area contributed by atoms with Crippen LogP contribution in [0.5, 0.6) is 5.75 Å². The number of amides is 1. The molecule has 0 saturated heterocycles. The SMILES string of the molecule is C=CCOc1ccc(/C=C/C(=O)N[C@@H](C)c2ccc(F)cc2F)cc1. The first kappa shape index (κ1) is 18.4. The van der Waals surface area contributed by atoms with E-state index in [1.165, 1.54) is 12.1 Å². The highest BCUT2D eigenvalue weighted by molar-refractivity contribution is 5.92. The van der Waals surface area contributed by atoms with Crippen LogP contribution in [0.15, 0.2) is 61.2 Å². The van der Waals surface area contributed by atoms with Crippen molar-refractivity contribution in [2.75, 3.05) is 6.61 Å². The molecule has 1 atom stereocenters. The molecule has 130 valence electrons. The lowest BCUT2D eigenvalue weighted by Gasteiger charge is -2.13. The molecule has 0 aliphatic heterocycles. The van der Waals surface area contributed by atoms with Gasteiger partial charge in [-0.25, -0.2) is 8.78 Å². The van der Waals surface area contributed by atoms with Crippen molar-refractivity contribution in [3.8, 4) is 5.75 Å². The molecule has 2 aromatic carbocycles. The fourth-order valence-electron chi connectivity index (χ4n) is 2.19. The second-order valence-corrected chi connectivity index (χ2v) is 5.40. The van der Waals surface area contributed by atoms with Gasteiger partial charge in [-0.1, -0.05) is 30.9 Å². The number of carbonyl (C=O) groups is 1. The number of carbonyl (C=O) groups excluding carboxylic acids is 1. The lowest BCUT2D eigenvalue weighted by Crippen LogP contribution is -2.25. The smallest absolute Gasteiger partial charge is 0.244 e. The van der Waals surface area contributed by atoms with Gasteiger partial charge in [-0.05, 0) is 36.8 Å². The van der Waals surface area contributed by atoms with E-state index in [4.69, 9.17) is 4.74 Å². The van der Waals surface area contributed by atoms with Crippen LogP contribution in [0.25, 0.3) is 6.08 Å². The zero-order valence-corrected chi connectivity index (χ0v) is 13.8. The molecular formula is C20H19F2NO2. The van der Waals surface area contributed by atoms with Gasteiger partial charge in [-0.15, -0.1) is 0 Å². The van der Waals surface area contributed by atoms with Gasteiger partial charge >= 0.3 is 0 Å². The maximum Gasteiger partial charge on any atom is 0.244 e. The van der Waals surface area contributed by atoms with E-state index in [-0.39, 0.29) is 11.5 Å². The molecule has 0 spiro atoms. The Hall–Kier alpha value is -2.95. The van der Waals surface area contributed by atoms with Crippen molar-refractivity contribution in [2.45, 2.75) is 13.0 Å². The van der Waals surface area contributed by atoms with E-state index < -0.39 is 17.7 Å². The highest BCUT2D eigenvalue weighted by Crippen LogP contribution is 2.18. The van der Waals surface area contributed by atoms with E-state index in [1.807, 2.05) is 12.1 Å². The van der Waals surface area contributed by atoms with Crippen molar-refractivity contribution in [2.24, 2.45) is 0 Å². The maximum absolute atomic E-state index is 13.7. The van der Waals surface area contributed by atoms with E-state index in [0.717, 1.165) is 17.7 Å². The van der Waals surface area contributed by atoms with E-state index in [2.05, 4.69) is 11.9 Å². The van der Waals surface area contributed by atoms with Gasteiger partial charge in [0.15, 0.2) is 0 Å². The molecule has 0 heterocycles. The maximum atomic E-state index is 13.7. The Morgan fingerprint density at radius 2 is 1.96 bits per heavy atom. The zero-order valence-electron chi connectivity index (χ0n) is 13.8. The molecule has 5 heteroatoms. The summed E-state index contributed by atoms with van der Waals surface area (Å²) < 4.78 is 32.0. The summed E-state index contributed by atoms with van der Waals surface area (Å²) in [6.45, 7) is 5.63. The van der Waals surface area contributed by atoms with Crippen molar-refractivity contribution in [1.82, 2.24) is 5.32 Å². The Kier molecular flexibility index (Phi) is 6.46. The van der Waals surface area contributed by atoms with Crippen molar-refractivity contribution in [3.63, 3.8) is 0 Å². The van der Waals surface area contributed by atoms with Crippen LogP contribution in [0.4, 0.5) is 8.78 Å². The van der Waals surface area contributed by atoms with Crippen LogP contribution in [-0.2, 0) is 4.79 Å². The summed E-state index contributed by atoms with van der Waals surface area (Å²) in [5.74, 6) is -1.00. The van der Waals surface area contributed by atoms with E-state index in [0.29, 0.717) is 12.4 Å². The van der Waals surface area contributed by atoms with E-state index in [9.17, 15) is 13.6 Å². The predicted octanol–water partition coefficient (Wildman–Crippen LogP) is 4.42. The summed E-state index contributed by atoms with van der Waals surface area (Å²) in [5.41, 5.74) is 1.05. The van der Waals surface area contributed by atoms with Crippen LogP contribution in [0.3, 0.4) is 0 Å². The Morgan fingerprint density at radius 3 is 2.60 bits per heavy atom. The molecule has 0 unspecified atom stereocenters. The van der Waals surface area contributed by atoms with Crippen molar-refractivity contribution >= 4 is 12.0 Å². The minimum absolute atomic E-state index is 0.229. The van der Waals surface area contributed by atoms with Crippen LogP contribution in [0, 0.1) is 11.6 Å². The summed E-state index contributed by atoms with van der Waals surface area (Å²) in [6, 6.07) is 9.90. The van der Waals surface area contributed by atoms with Crippen molar-refractivity contribution in [3.05, 3.63) is 84.0 Å². The average Bonchev–Trinajstić information content (AvgIpc) is 2.59. The number of benzene rings is 2. The number of hydrogen-bond donors (Lipinski definition) is 1. The summed E-state index contributed by atoms with van der Waals surface area (Å²) >= 11 is 0. The zero-order chi connectivity index (χ0) is 18.2. The Bertz CT molecular complexity index is 770.